The molecule has 0 bridgehead atoms. The van der Waals surface area contributed by atoms with E-state index < -0.39 is 0 Å². The van der Waals surface area contributed by atoms with Crippen molar-refractivity contribution < 1.29 is 18.7 Å². The Kier molecular flexibility index (Phi) is 6.79. The zero-order valence-electron chi connectivity index (χ0n) is 15.6. The Morgan fingerprint density at radius 3 is 2.59 bits per heavy atom. The van der Waals surface area contributed by atoms with Gasteiger partial charge in [0, 0.05) is 38.0 Å². The number of hydrogen-bond donors (Lipinski definition) is 1. The summed E-state index contributed by atoms with van der Waals surface area (Å²) in [6.45, 7) is 5.31. The smallest absolute Gasteiger partial charge is 0.220 e. The second kappa shape index (κ2) is 9.48. The first-order valence-electron chi connectivity index (χ1n) is 9.36. The van der Waals surface area contributed by atoms with Crippen LogP contribution in [0.1, 0.15) is 40.6 Å². The first-order chi connectivity index (χ1) is 13.1. The van der Waals surface area contributed by atoms with Crippen LogP contribution in [0.3, 0.4) is 0 Å². The summed E-state index contributed by atoms with van der Waals surface area (Å²) < 4.78 is 11.0. The van der Waals surface area contributed by atoms with Crippen molar-refractivity contribution in [2.75, 3.05) is 32.8 Å². The quantitative estimate of drug-likeness (QED) is 0.724. The fourth-order valence-corrected chi connectivity index (χ4v) is 3.33. The van der Waals surface area contributed by atoms with Crippen LogP contribution < -0.4 is 5.32 Å². The molecule has 1 aliphatic rings. The molecule has 1 N–H and O–H groups in total. The Labute approximate surface area is 159 Å². The molecule has 0 spiro atoms. The molecule has 1 aliphatic heterocycles. The van der Waals surface area contributed by atoms with Crippen molar-refractivity contribution in [1.29, 1.82) is 0 Å². The molecule has 0 aliphatic carbocycles. The molecule has 6 nitrogen and oxygen atoms in total. The van der Waals surface area contributed by atoms with Gasteiger partial charge in [-0.2, -0.15) is 0 Å². The molecule has 2 heterocycles. The van der Waals surface area contributed by atoms with Crippen LogP contribution in [0.25, 0.3) is 0 Å². The molecule has 1 unspecified atom stereocenters. The maximum atomic E-state index is 12.3. The van der Waals surface area contributed by atoms with Gasteiger partial charge in [-0.1, -0.05) is 24.3 Å². The van der Waals surface area contributed by atoms with Crippen LogP contribution in [0.2, 0.25) is 0 Å². The van der Waals surface area contributed by atoms with Crippen LogP contribution in [0.15, 0.2) is 47.1 Å². The van der Waals surface area contributed by atoms with Crippen LogP contribution in [-0.4, -0.2) is 49.4 Å². The van der Waals surface area contributed by atoms with Gasteiger partial charge in [0.2, 0.25) is 5.91 Å². The SMILES string of the molecule is Cc1ccccc1C(=O)CCC(=O)NCC(c1ccco1)N1CCOCC1. The number of benzene rings is 1. The van der Waals surface area contributed by atoms with Crippen molar-refractivity contribution in [2.45, 2.75) is 25.8 Å². The molecule has 1 fully saturated rings. The fourth-order valence-electron chi connectivity index (χ4n) is 3.33. The van der Waals surface area contributed by atoms with Crippen molar-refractivity contribution in [2.24, 2.45) is 0 Å². The van der Waals surface area contributed by atoms with E-state index in [1.54, 1.807) is 12.3 Å². The minimum atomic E-state index is -0.123. The Morgan fingerprint density at radius 2 is 1.89 bits per heavy atom. The normalized spacial score (nSPS) is 16.0. The number of carbonyl (C=O) groups is 2. The van der Waals surface area contributed by atoms with Crippen molar-refractivity contribution in [1.82, 2.24) is 10.2 Å². The van der Waals surface area contributed by atoms with E-state index in [2.05, 4.69) is 10.2 Å². The minimum Gasteiger partial charge on any atom is -0.468 e. The zero-order valence-corrected chi connectivity index (χ0v) is 15.6. The third-order valence-electron chi connectivity index (χ3n) is 4.88. The lowest BCUT2D eigenvalue weighted by Crippen LogP contribution is -2.43. The van der Waals surface area contributed by atoms with E-state index >= 15 is 0 Å². The van der Waals surface area contributed by atoms with Gasteiger partial charge in [0.25, 0.3) is 0 Å². The number of ketones is 1. The number of nitrogens with one attached hydrogen (secondary N) is 1. The van der Waals surface area contributed by atoms with E-state index in [1.165, 1.54) is 0 Å². The highest BCUT2D eigenvalue weighted by atomic mass is 16.5. The van der Waals surface area contributed by atoms with Gasteiger partial charge in [-0.3, -0.25) is 14.5 Å². The average Bonchev–Trinajstić information content (AvgIpc) is 3.22. The lowest BCUT2D eigenvalue weighted by Gasteiger charge is -2.33. The summed E-state index contributed by atoms with van der Waals surface area (Å²) in [5.74, 6) is 0.703. The van der Waals surface area contributed by atoms with Crippen LogP contribution in [-0.2, 0) is 9.53 Å². The molecule has 1 saturated heterocycles. The van der Waals surface area contributed by atoms with Gasteiger partial charge in [0.1, 0.15) is 5.76 Å². The van der Waals surface area contributed by atoms with Crippen LogP contribution in [0, 0.1) is 6.92 Å². The Balaban J connectivity index is 1.52. The van der Waals surface area contributed by atoms with Crippen molar-refractivity contribution in [3.05, 3.63) is 59.5 Å². The monoisotopic (exact) mass is 370 g/mol. The summed E-state index contributed by atoms with van der Waals surface area (Å²) in [4.78, 5) is 26.9. The maximum absolute atomic E-state index is 12.3. The van der Waals surface area contributed by atoms with Gasteiger partial charge in [-0.05, 0) is 24.6 Å². The van der Waals surface area contributed by atoms with Crippen LogP contribution in [0.5, 0.6) is 0 Å². The molecule has 1 atom stereocenters. The lowest BCUT2D eigenvalue weighted by molar-refractivity contribution is -0.121. The van der Waals surface area contributed by atoms with E-state index in [0.29, 0.717) is 25.3 Å². The molecule has 144 valence electrons. The molecule has 2 aromatic rings. The Morgan fingerprint density at radius 1 is 1.11 bits per heavy atom. The number of carbonyl (C=O) groups excluding carboxylic acids is 2. The van der Waals surface area contributed by atoms with E-state index in [9.17, 15) is 9.59 Å². The molecule has 3 rings (SSSR count). The van der Waals surface area contributed by atoms with Crippen molar-refractivity contribution in [3.63, 3.8) is 0 Å². The highest BCUT2D eigenvalue weighted by molar-refractivity contribution is 5.99. The lowest BCUT2D eigenvalue weighted by atomic mass is 10.0. The predicted molar refractivity (Wildman–Crippen MR) is 102 cm³/mol. The van der Waals surface area contributed by atoms with Gasteiger partial charge in [0.05, 0.1) is 25.5 Å². The minimum absolute atomic E-state index is 0.000913. The van der Waals surface area contributed by atoms with E-state index in [-0.39, 0.29) is 30.6 Å². The van der Waals surface area contributed by atoms with E-state index in [0.717, 1.165) is 24.4 Å². The van der Waals surface area contributed by atoms with Gasteiger partial charge < -0.3 is 14.5 Å². The summed E-state index contributed by atoms with van der Waals surface area (Å²) in [5.41, 5.74) is 1.63. The van der Waals surface area contributed by atoms with Gasteiger partial charge >= 0.3 is 0 Å². The molecule has 27 heavy (non-hydrogen) atoms. The number of Topliss-reactive ketones (excluding diaryl/α,β-unsaturated/α-hetero) is 1. The third kappa shape index (κ3) is 5.28. The fraction of sp³-hybridized carbons (Fsp3) is 0.429. The summed E-state index contributed by atoms with van der Waals surface area (Å²) in [5, 5.41) is 2.96. The number of amides is 1. The molecular formula is C21H26N2O4. The molecule has 1 amide bonds. The first-order valence-corrected chi connectivity index (χ1v) is 9.36. The molecule has 1 aromatic carbocycles. The Bertz CT molecular complexity index is 751. The number of aryl methyl sites for hydroxylation is 1. The van der Waals surface area contributed by atoms with E-state index in [1.807, 2.05) is 37.3 Å². The van der Waals surface area contributed by atoms with Crippen molar-refractivity contribution in [3.8, 4) is 0 Å². The Hall–Kier alpha value is -2.44. The van der Waals surface area contributed by atoms with Gasteiger partial charge in [-0.25, -0.2) is 0 Å². The predicted octanol–water partition coefficient (Wildman–Crippen LogP) is 2.74. The van der Waals surface area contributed by atoms with Crippen molar-refractivity contribution >= 4 is 11.7 Å². The molecule has 6 heteroatoms. The molecule has 0 saturated carbocycles. The first kappa shape index (κ1) is 19.3. The number of furan rings is 1. The topological polar surface area (TPSA) is 71.8 Å². The third-order valence-corrected chi connectivity index (χ3v) is 4.88. The number of nitrogens with zero attached hydrogens (tertiary/aromatic N) is 1. The number of rotatable bonds is 8. The van der Waals surface area contributed by atoms with Crippen LogP contribution in [0.4, 0.5) is 0 Å². The largest absolute Gasteiger partial charge is 0.468 e. The van der Waals surface area contributed by atoms with Crippen LogP contribution >= 0.6 is 0 Å². The maximum Gasteiger partial charge on any atom is 0.220 e. The highest BCUT2D eigenvalue weighted by Crippen LogP contribution is 2.21. The number of ether oxygens (including phenoxy) is 1. The number of morpholine rings is 1. The second-order valence-electron chi connectivity index (χ2n) is 6.72. The molecular weight excluding hydrogens is 344 g/mol. The van der Waals surface area contributed by atoms with Gasteiger partial charge in [-0.15, -0.1) is 0 Å². The summed E-state index contributed by atoms with van der Waals surface area (Å²) in [6, 6.07) is 11.2. The highest BCUT2D eigenvalue weighted by Gasteiger charge is 2.25. The average molecular weight is 370 g/mol. The zero-order chi connectivity index (χ0) is 19.1. The number of hydrogen-bond acceptors (Lipinski definition) is 5. The standard InChI is InChI=1S/C21H26N2O4/c1-16-5-2-3-6-17(16)19(24)8-9-21(25)22-15-18(20-7-4-12-27-20)23-10-13-26-14-11-23/h2-7,12,18H,8-11,13-15H2,1H3,(H,22,25). The summed E-state index contributed by atoms with van der Waals surface area (Å²) in [7, 11) is 0. The van der Waals surface area contributed by atoms with E-state index in [4.69, 9.17) is 9.15 Å². The molecule has 1 aromatic heterocycles. The second-order valence-corrected chi connectivity index (χ2v) is 6.72. The summed E-state index contributed by atoms with van der Waals surface area (Å²) in [6.07, 6.45) is 2.03. The molecule has 0 radical (unpaired) electrons. The van der Waals surface area contributed by atoms with Gasteiger partial charge in [0.15, 0.2) is 5.78 Å². The summed E-state index contributed by atoms with van der Waals surface area (Å²) >= 11 is 0.